The summed E-state index contributed by atoms with van der Waals surface area (Å²) in [5.41, 5.74) is 5.04. The van der Waals surface area contributed by atoms with Gasteiger partial charge in [-0.05, 0) is 66.3 Å². The van der Waals surface area contributed by atoms with Gasteiger partial charge in [0.05, 0.1) is 0 Å². The van der Waals surface area contributed by atoms with Crippen LogP contribution in [0.5, 0.6) is 11.5 Å². The maximum absolute atomic E-state index is 9.60. The van der Waals surface area contributed by atoms with Crippen molar-refractivity contribution in [3.05, 3.63) is 131 Å². The van der Waals surface area contributed by atoms with E-state index in [9.17, 15) is 5.11 Å². The highest BCUT2D eigenvalue weighted by atomic mass is 16.5. The van der Waals surface area contributed by atoms with Crippen LogP contribution in [-0.4, -0.2) is 22.6 Å². The molecule has 3 heteroatoms. The Bertz CT molecular complexity index is 1110. The molecule has 0 aliphatic rings. The van der Waals surface area contributed by atoms with Crippen molar-refractivity contribution in [1.82, 2.24) is 4.90 Å². The fourth-order valence-corrected chi connectivity index (χ4v) is 4.14. The number of phenolic OH excluding ortho intramolecular Hbond substituents is 1. The van der Waals surface area contributed by atoms with Gasteiger partial charge in [-0.2, -0.15) is 0 Å². The highest BCUT2D eigenvalue weighted by Gasteiger charge is 2.15. The monoisotopic (exact) mass is 451 g/mol. The topological polar surface area (TPSA) is 32.7 Å². The summed E-state index contributed by atoms with van der Waals surface area (Å²) in [7, 11) is 0. The predicted octanol–water partition coefficient (Wildman–Crippen LogP) is 6.65. The number of phenols is 1. The molecule has 4 aromatic carbocycles. The molecular formula is C31H33NO2. The van der Waals surface area contributed by atoms with Crippen LogP contribution < -0.4 is 4.74 Å². The lowest BCUT2D eigenvalue weighted by Crippen LogP contribution is -2.35. The van der Waals surface area contributed by atoms with Gasteiger partial charge in [0.1, 0.15) is 18.1 Å². The molecule has 0 radical (unpaired) electrons. The van der Waals surface area contributed by atoms with Crippen molar-refractivity contribution < 1.29 is 9.84 Å². The summed E-state index contributed by atoms with van der Waals surface area (Å²) in [6, 6.07) is 37.3. The zero-order valence-electron chi connectivity index (χ0n) is 19.8. The third-order valence-corrected chi connectivity index (χ3v) is 6.18. The van der Waals surface area contributed by atoms with Gasteiger partial charge in [-0.1, -0.05) is 84.9 Å². The molecule has 174 valence electrons. The first-order valence-corrected chi connectivity index (χ1v) is 12.0. The molecular weight excluding hydrogens is 418 g/mol. The Labute approximate surface area is 203 Å². The maximum atomic E-state index is 9.60. The van der Waals surface area contributed by atoms with Gasteiger partial charge in [0.2, 0.25) is 0 Å². The van der Waals surface area contributed by atoms with E-state index >= 15 is 0 Å². The molecule has 1 N–H and O–H groups in total. The summed E-state index contributed by atoms with van der Waals surface area (Å²) in [4.78, 5) is 2.54. The van der Waals surface area contributed by atoms with Gasteiger partial charge in [0.15, 0.2) is 0 Å². The van der Waals surface area contributed by atoms with E-state index in [2.05, 4.69) is 78.6 Å². The van der Waals surface area contributed by atoms with Crippen molar-refractivity contribution >= 4 is 0 Å². The van der Waals surface area contributed by atoms with Crippen LogP contribution in [0, 0.1) is 0 Å². The second-order valence-corrected chi connectivity index (χ2v) is 8.84. The average Bonchev–Trinajstić information content (AvgIpc) is 2.88. The molecule has 0 amide bonds. The van der Waals surface area contributed by atoms with Crippen LogP contribution in [0.1, 0.15) is 29.2 Å². The van der Waals surface area contributed by atoms with E-state index in [0.717, 1.165) is 31.7 Å². The highest BCUT2D eigenvalue weighted by Crippen LogP contribution is 2.18. The number of ether oxygens (including phenoxy) is 1. The predicted molar refractivity (Wildman–Crippen MR) is 139 cm³/mol. The highest BCUT2D eigenvalue weighted by molar-refractivity contribution is 5.29. The Morgan fingerprint density at radius 3 is 1.91 bits per heavy atom. The van der Waals surface area contributed by atoms with Crippen LogP contribution in [0.3, 0.4) is 0 Å². The molecule has 0 spiro atoms. The standard InChI is InChI=1S/C31H33NO2/c1-25(22-27-12-16-30(33)17-13-27)32(23-28-8-4-2-5-9-28)21-20-26-14-18-31(19-15-26)34-24-29-10-6-3-7-11-29/h2-19,25,33H,20-24H2,1H3. The Morgan fingerprint density at radius 2 is 1.26 bits per heavy atom. The summed E-state index contributed by atoms with van der Waals surface area (Å²) < 4.78 is 5.94. The SMILES string of the molecule is CC(Cc1ccc(O)cc1)N(CCc1ccc(OCc2ccccc2)cc1)Cc1ccccc1. The summed E-state index contributed by atoms with van der Waals surface area (Å²) in [6.45, 7) is 4.76. The van der Waals surface area contributed by atoms with E-state index in [1.807, 2.05) is 30.3 Å². The van der Waals surface area contributed by atoms with Gasteiger partial charge in [-0.15, -0.1) is 0 Å². The molecule has 0 bridgehead atoms. The number of rotatable bonds is 11. The number of benzene rings is 4. The quantitative estimate of drug-likeness (QED) is 0.277. The maximum Gasteiger partial charge on any atom is 0.119 e. The third kappa shape index (κ3) is 7.23. The van der Waals surface area contributed by atoms with E-state index in [0.29, 0.717) is 18.4 Å². The molecule has 1 unspecified atom stereocenters. The smallest absolute Gasteiger partial charge is 0.119 e. The summed E-state index contributed by atoms with van der Waals surface area (Å²) in [5, 5.41) is 9.60. The summed E-state index contributed by atoms with van der Waals surface area (Å²) >= 11 is 0. The lowest BCUT2D eigenvalue weighted by Gasteiger charge is -2.29. The molecule has 0 aliphatic carbocycles. The zero-order valence-corrected chi connectivity index (χ0v) is 19.8. The molecule has 0 aromatic heterocycles. The molecule has 3 nitrogen and oxygen atoms in total. The van der Waals surface area contributed by atoms with Gasteiger partial charge in [-0.25, -0.2) is 0 Å². The van der Waals surface area contributed by atoms with Crippen LogP contribution in [-0.2, 0) is 26.0 Å². The van der Waals surface area contributed by atoms with Gasteiger partial charge < -0.3 is 9.84 Å². The molecule has 1 atom stereocenters. The molecule has 0 aliphatic heterocycles. The normalized spacial score (nSPS) is 11.9. The number of hydrogen-bond donors (Lipinski definition) is 1. The molecule has 0 heterocycles. The van der Waals surface area contributed by atoms with Crippen LogP contribution >= 0.6 is 0 Å². The molecule has 0 fully saturated rings. The van der Waals surface area contributed by atoms with Crippen molar-refractivity contribution in [2.45, 2.75) is 39.0 Å². The minimum absolute atomic E-state index is 0.314. The fourth-order valence-electron chi connectivity index (χ4n) is 4.14. The minimum atomic E-state index is 0.314. The van der Waals surface area contributed by atoms with Crippen LogP contribution in [0.2, 0.25) is 0 Å². The van der Waals surface area contributed by atoms with Gasteiger partial charge in [0.25, 0.3) is 0 Å². The Balaban J connectivity index is 1.36. The molecule has 4 aromatic rings. The first-order valence-electron chi connectivity index (χ1n) is 12.0. The second-order valence-electron chi connectivity index (χ2n) is 8.84. The number of nitrogens with zero attached hydrogens (tertiary/aromatic N) is 1. The van der Waals surface area contributed by atoms with Crippen molar-refractivity contribution in [3.63, 3.8) is 0 Å². The summed E-state index contributed by atoms with van der Waals surface area (Å²) in [6.07, 6.45) is 1.92. The number of hydrogen-bond acceptors (Lipinski definition) is 3. The molecule has 34 heavy (non-hydrogen) atoms. The minimum Gasteiger partial charge on any atom is -0.508 e. The van der Waals surface area contributed by atoms with Crippen molar-refractivity contribution in [1.29, 1.82) is 0 Å². The lowest BCUT2D eigenvalue weighted by atomic mass is 10.0. The first-order chi connectivity index (χ1) is 16.7. The van der Waals surface area contributed by atoms with Crippen molar-refractivity contribution in [2.75, 3.05) is 6.54 Å². The van der Waals surface area contributed by atoms with E-state index in [1.165, 1.54) is 22.3 Å². The van der Waals surface area contributed by atoms with Crippen LogP contribution in [0.25, 0.3) is 0 Å². The van der Waals surface area contributed by atoms with E-state index in [4.69, 9.17) is 4.74 Å². The van der Waals surface area contributed by atoms with E-state index in [-0.39, 0.29) is 0 Å². The Hall–Kier alpha value is -3.56. The zero-order chi connectivity index (χ0) is 23.6. The number of aromatic hydroxyl groups is 1. The van der Waals surface area contributed by atoms with Gasteiger partial charge in [-0.3, -0.25) is 4.90 Å². The molecule has 4 rings (SSSR count). The van der Waals surface area contributed by atoms with Gasteiger partial charge >= 0.3 is 0 Å². The van der Waals surface area contributed by atoms with Crippen molar-refractivity contribution in [3.8, 4) is 11.5 Å². The third-order valence-electron chi connectivity index (χ3n) is 6.18. The average molecular weight is 452 g/mol. The molecule has 0 saturated carbocycles. The van der Waals surface area contributed by atoms with Crippen LogP contribution in [0.15, 0.2) is 109 Å². The van der Waals surface area contributed by atoms with Crippen LogP contribution in [0.4, 0.5) is 0 Å². The Morgan fingerprint density at radius 1 is 0.676 bits per heavy atom. The lowest BCUT2D eigenvalue weighted by molar-refractivity contribution is 0.201. The molecule has 0 saturated heterocycles. The Kier molecular flexibility index (Phi) is 8.37. The second kappa shape index (κ2) is 12.1. The van der Waals surface area contributed by atoms with E-state index < -0.39 is 0 Å². The largest absolute Gasteiger partial charge is 0.508 e. The van der Waals surface area contributed by atoms with Gasteiger partial charge in [0, 0.05) is 19.1 Å². The van der Waals surface area contributed by atoms with Crippen molar-refractivity contribution in [2.24, 2.45) is 0 Å². The fraction of sp³-hybridized carbons (Fsp3) is 0.226. The summed E-state index contributed by atoms with van der Waals surface area (Å²) in [5.74, 6) is 1.21. The first kappa shape index (κ1) is 23.6. The van der Waals surface area contributed by atoms with E-state index in [1.54, 1.807) is 12.1 Å².